The monoisotopic (exact) mass is 356 g/mol. The van der Waals surface area contributed by atoms with E-state index in [1.165, 1.54) is 24.8 Å². The van der Waals surface area contributed by atoms with Crippen molar-refractivity contribution in [3.63, 3.8) is 0 Å². The second kappa shape index (κ2) is 10.0. The van der Waals surface area contributed by atoms with E-state index < -0.39 is 0 Å². The molecule has 0 aliphatic carbocycles. The molecule has 1 N–H and O–H groups in total. The number of benzene rings is 1. The Morgan fingerprint density at radius 3 is 2.38 bits per heavy atom. The zero-order valence-electron chi connectivity index (χ0n) is 16.8. The molecule has 2 aromatic rings. The molecular weight excluding hydrogens is 324 g/mol. The standard InChI is InChI=1S/C22H32N2O2/c1-6-9-10-13-23-20-14-16(7-2)22(24-19(20)8-3)18-12-11-17(25-4)15-21(18)26-5/h11-12,14-15,23H,6-10,13H2,1-5H3. The molecule has 1 aromatic heterocycles. The average Bonchev–Trinajstić information content (AvgIpc) is 2.70. The normalized spacial score (nSPS) is 10.7. The molecule has 1 aromatic carbocycles. The van der Waals surface area contributed by atoms with Crippen molar-refractivity contribution in [2.75, 3.05) is 26.1 Å². The van der Waals surface area contributed by atoms with E-state index in [-0.39, 0.29) is 0 Å². The van der Waals surface area contributed by atoms with Gasteiger partial charge in [0.05, 0.1) is 31.3 Å². The Balaban J connectivity index is 2.43. The molecule has 4 heteroatoms. The molecule has 0 amide bonds. The number of hydrogen-bond donors (Lipinski definition) is 1. The van der Waals surface area contributed by atoms with E-state index >= 15 is 0 Å². The van der Waals surface area contributed by atoms with E-state index in [0.717, 1.165) is 53.5 Å². The third kappa shape index (κ3) is 4.69. The molecule has 26 heavy (non-hydrogen) atoms. The van der Waals surface area contributed by atoms with E-state index in [1.54, 1.807) is 14.2 Å². The quantitative estimate of drug-likeness (QED) is 0.571. The van der Waals surface area contributed by atoms with Gasteiger partial charge in [0.1, 0.15) is 11.5 Å². The Bertz CT molecular complexity index is 714. The minimum Gasteiger partial charge on any atom is -0.497 e. The van der Waals surface area contributed by atoms with Crippen molar-refractivity contribution < 1.29 is 9.47 Å². The maximum Gasteiger partial charge on any atom is 0.131 e. The second-order valence-electron chi connectivity index (χ2n) is 6.40. The lowest BCUT2D eigenvalue weighted by Gasteiger charge is -2.17. The minimum absolute atomic E-state index is 0.786. The van der Waals surface area contributed by atoms with Crippen molar-refractivity contribution >= 4 is 5.69 Å². The predicted molar refractivity (Wildman–Crippen MR) is 110 cm³/mol. The molecule has 2 rings (SSSR count). The number of aryl methyl sites for hydroxylation is 2. The topological polar surface area (TPSA) is 43.4 Å². The number of pyridine rings is 1. The number of methoxy groups -OCH3 is 2. The van der Waals surface area contributed by atoms with Gasteiger partial charge < -0.3 is 14.8 Å². The smallest absolute Gasteiger partial charge is 0.131 e. The second-order valence-corrected chi connectivity index (χ2v) is 6.40. The van der Waals surface area contributed by atoms with Crippen molar-refractivity contribution in [1.29, 1.82) is 0 Å². The molecule has 142 valence electrons. The molecule has 0 unspecified atom stereocenters. The maximum atomic E-state index is 5.60. The first-order chi connectivity index (χ1) is 12.7. The number of hydrogen-bond acceptors (Lipinski definition) is 4. The van der Waals surface area contributed by atoms with Crippen LogP contribution in [0.25, 0.3) is 11.3 Å². The van der Waals surface area contributed by atoms with E-state index in [2.05, 4.69) is 32.2 Å². The van der Waals surface area contributed by atoms with Crippen LogP contribution in [0.4, 0.5) is 5.69 Å². The SMILES string of the molecule is CCCCCNc1cc(CC)c(-c2ccc(OC)cc2OC)nc1CC. The average molecular weight is 357 g/mol. The van der Waals surface area contributed by atoms with Crippen LogP contribution in [0.1, 0.15) is 51.3 Å². The van der Waals surface area contributed by atoms with Gasteiger partial charge in [0, 0.05) is 18.2 Å². The number of nitrogens with one attached hydrogen (secondary N) is 1. The fourth-order valence-corrected chi connectivity index (χ4v) is 3.11. The van der Waals surface area contributed by atoms with E-state index in [1.807, 2.05) is 18.2 Å². The van der Waals surface area contributed by atoms with Gasteiger partial charge in [0.25, 0.3) is 0 Å². The largest absolute Gasteiger partial charge is 0.497 e. The molecule has 0 radical (unpaired) electrons. The van der Waals surface area contributed by atoms with Crippen LogP contribution in [0.2, 0.25) is 0 Å². The Morgan fingerprint density at radius 1 is 0.962 bits per heavy atom. The number of rotatable bonds is 10. The van der Waals surface area contributed by atoms with Gasteiger partial charge >= 0.3 is 0 Å². The lowest BCUT2D eigenvalue weighted by atomic mass is 10.0. The maximum absolute atomic E-state index is 5.60. The summed E-state index contributed by atoms with van der Waals surface area (Å²) < 4.78 is 10.9. The van der Waals surface area contributed by atoms with Crippen molar-refractivity contribution in [2.45, 2.75) is 52.9 Å². The van der Waals surface area contributed by atoms with Crippen LogP contribution < -0.4 is 14.8 Å². The number of nitrogens with zero attached hydrogens (tertiary/aromatic N) is 1. The summed E-state index contributed by atoms with van der Waals surface area (Å²) in [6.07, 6.45) is 5.49. The third-order valence-electron chi connectivity index (χ3n) is 4.66. The van der Waals surface area contributed by atoms with Crippen LogP contribution in [0.15, 0.2) is 24.3 Å². The summed E-state index contributed by atoms with van der Waals surface area (Å²) in [6.45, 7) is 7.55. The lowest BCUT2D eigenvalue weighted by Crippen LogP contribution is -2.08. The van der Waals surface area contributed by atoms with Gasteiger partial charge in [-0.1, -0.05) is 33.6 Å². The predicted octanol–water partition coefficient (Wildman–Crippen LogP) is 5.49. The van der Waals surface area contributed by atoms with Crippen LogP contribution >= 0.6 is 0 Å². The van der Waals surface area contributed by atoms with Gasteiger partial charge in [-0.05, 0) is 43.0 Å². The highest BCUT2D eigenvalue weighted by molar-refractivity contribution is 5.73. The highest BCUT2D eigenvalue weighted by atomic mass is 16.5. The number of ether oxygens (including phenoxy) is 2. The van der Waals surface area contributed by atoms with Gasteiger partial charge in [-0.2, -0.15) is 0 Å². The van der Waals surface area contributed by atoms with Crippen molar-refractivity contribution in [1.82, 2.24) is 4.98 Å². The van der Waals surface area contributed by atoms with Gasteiger partial charge in [-0.15, -0.1) is 0 Å². The third-order valence-corrected chi connectivity index (χ3v) is 4.66. The molecule has 0 saturated heterocycles. The zero-order chi connectivity index (χ0) is 18.9. The molecule has 4 nitrogen and oxygen atoms in total. The van der Waals surface area contributed by atoms with Crippen LogP contribution in [0.5, 0.6) is 11.5 Å². The summed E-state index contributed by atoms with van der Waals surface area (Å²) in [5.41, 5.74) is 5.51. The van der Waals surface area contributed by atoms with Crippen molar-refractivity contribution in [2.24, 2.45) is 0 Å². The Labute approximate surface area is 157 Å². The molecule has 0 atom stereocenters. The molecule has 0 saturated carbocycles. The van der Waals surface area contributed by atoms with E-state index in [9.17, 15) is 0 Å². The highest BCUT2D eigenvalue weighted by Crippen LogP contribution is 2.36. The van der Waals surface area contributed by atoms with Crippen LogP contribution in [0.3, 0.4) is 0 Å². The van der Waals surface area contributed by atoms with Crippen LogP contribution in [0, 0.1) is 0 Å². The minimum atomic E-state index is 0.786. The molecule has 0 spiro atoms. The van der Waals surface area contributed by atoms with Crippen LogP contribution in [-0.4, -0.2) is 25.7 Å². The summed E-state index contributed by atoms with van der Waals surface area (Å²) in [4.78, 5) is 5.01. The Kier molecular flexibility index (Phi) is 7.76. The number of aromatic nitrogens is 1. The van der Waals surface area contributed by atoms with Gasteiger partial charge in [-0.25, -0.2) is 0 Å². The van der Waals surface area contributed by atoms with Crippen molar-refractivity contribution in [3.05, 3.63) is 35.5 Å². The Morgan fingerprint density at radius 2 is 1.77 bits per heavy atom. The van der Waals surface area contributed by atoms with Gasteiger partial charge in [0.2, 0.25) is 0 Å². The first-order valence-electron chi connectivity index (χ1n) is 9.67. The first kappa shape index (κ1) is 20.1. The summed E-state index contributed by atoms with van der Waals surface area (Å²) in [6, 6.07) is 8.17. The fraction of sp³-hybridized carbons (Fsp3) is 0.500. The summed E-state index contributed by atoms with van der Waals surface area (Å²) in [7, 11) is 3.35. The summed E-state index contributed by atoms with van der Waals surface area (Å²) >= 11 is 0. The Hall–Kier alpha value is -2.23. The molecular formula is C22H32N2O2. The van der Waals surface area contributed by atoms with Gasteiger partial charge in [0.15, 0.2) is 0 Å². The molecule has 0 aliphatic heterocycles. The summed E-state index contributed by atoms with van der Waals surface area (Å²) in [5.74, 6) is 1.57. The highest BCUT2D eigenvalue weighted by Gasteiger charge is 2.16. The zero-order valence-corrected chi connectivity index (χ0v) is 16.8. The molecule has 0 bridgehead atoms. The fourth-order valence-electron chi connectivity index (χ4n) is 3.11. The van der Waals surface area contributed by atoms with Crippen LogP contribution in [-0.2, 0) is 12.8 Å². The molecule has 1 heterocycles. The van der Waals surface area contributed by atoms with Gasteiger partial charge in [-0.3, -0.25) is 4.98 Å². The van der Waals surface area contributed by atoms with E-state index in [4.69, 9.17) is 14.5 Å². The number of anilines is 1. The summed E-state index contributed by atoms with van der Waals surface area (Å²) in [5, 5.41) is 3.59. The lowest BCUT2D eigenvalue weighted by molar-refractivity contribution is 0.395. The molecule has 0 aliphatic rings. The van der Waals surface area contributed by atoms with E-state index in [0.29, 0.717) is 0 Å². The number of unbranched alkanes of at least 4 members (excludes halogenated alkanes) is 2. The van der Waals surface area contributed by atoms with Crippen molar-refractivity contribution in [3.8, 4) is 22.8 Å². The first-order valence-corrected chi connectivity index (χ1v) is 9.67. The molecule has 0 fully saturated rings.